The molecule has 9 heteroatoms. The van der Waals surface area contributed by atoms with Crippen molar-refractivity contribution in [2.45, 2.75) is 17.7 Å². The first-order chi connectivity index (χ1) is 15.9. The number of nitrogens with one attached hydrogen (secondary N) is 1. The number of rotatable bonds is 7. The summed E-state index contributed by atoms with van der Waals surface area (Å²) in [5, 5.41) is 2.78. The van der Waals surface area contributed by atoms with E-state index >= 15 is 0 Å². The van der Waals surface area contributed by atoms with Gasteiger partial charge >= 0.3 is 0 Å². The molecule has 0 saturated heterocycles. The van der Waals surface area contributed by atoms with Gasteiger partial charge in [-0.15, -0.1) is 0 Å². The third kappa shape index (κ3) is 5.09. The number of anilines is 2. The minimum absolute atomic E-state index is 0.0322. The second-order valence-corrected chi connectivity index (χ2v) is 9.35. The summed E-state index contributed by atoms with van der Waals surface area (Å²) in [6.07, 6.45) is 1.31. The smallest absolute Gasteiger partial charge is 0.264 e. The molecule has 4 rings (SSSR count). The number of ether oxygens (including phenoxy) is 2. The number of aryl methyl sites for hydroxylation is 1. The van der Waals surface area contributed by atoms with E-state index in [1.54, 1.807) is 49.6 Å². The zero-order chi connectivity index (χ0) is 23.4. The monoisotopic (exact) mass is 470 g/mol. The fourth-order valence-electron chi connectivity index (χ4n) is 3.64. The first-order valence-electron chi connectivity index (χ1n) is 10.3. The van der Waals surface area contributed by atoms with Gasteiger partial charge in [-0.25, -0.2) is 12.8 Å². The van der Waals surface area contributed by atoms with Gasteiger partial charge in [-0.2, -0.15) is 0 Å². The van der Waals surface area contributed by atoms with Gasteiger partial charge in [0.05, 0.1) is 17.7 Å². The zero-order valence-corrected chi connectivity index (χ0v) is 18.8. The number of sulfonamides is 1. The molecule has 1 aliphatic rings. The molecule has 172 valence electrons. The van der Waals surface area contributed by atoms with Crippen molar-refractivity contribution in [3.05, 3.63) is 78.1 Å². The lowest BCUT2D eigenvalue weighted by atomic mass is 10.0. The zero-order valence-electron chi connectivity index (χ0n) is 18.0. The third-order valence-electron chi connectivity index (χ3n) is 5.27. The summed E-state index contributed by atoms with van der Waals surface area (Å²) in [6.45, 7) is 0.155. The largest absolute Gasteiger partial charge is 0.497 e. The number of hydrogen-bond donors (Lipinski definition) is 1. The standard InChI is InChI=1S/C24H23FN2O5S/c1-31-20-7-9-21(10-8-20)32-16-24(28)26-19-6-13-23-17(15-19)3-2-14-27(23)33(29,30)22-11-4-18(25)5-12-22/h4-13,15H,2-3,14,16H2,1H3,(H,26,28). The molecule has 0 radical (unpaired) electrons. The molecule has 0 unspecified atom stereocenters. The molecule has 3 aromatic rings. The molecule has 1 amide bonds. The summed E-state index contributed by atoms with van der Waals surface area (Å²) in [7, 11) is -2.25. The number of amides is 1. The van der Waals surface area contributed by atoms with Gasteiger partial charge in [0.2, 0.25) is 0 Å². The number of fused-ring (bicyclic) bond motifs is 1. The van der Waals surface area contributed by atoms with Crippen molar-refractivity contribution in [3.63, 3.8) is 0 Å². The van der Waals surface area contributed by atoms with E-state index in [9.17, 15) is 17.6 Å². The van der Waals surface area contributed by atoms with Gasteiger partial charge in [-0.1, -0.05) is 0 Å². The van der Waals surface area contributed by atoms with Gasteiger partial charge in [0, 0.05) is 12.2 Å². The van der Waals surface area contributed by atoms with Crippen molar-refractivity contribution >= 4 is 27.3 Å². The Balaban J connectivity index is 1.45. The minimum Gasteiger partial charge on any atom is -0.497 e. The number of halogens is 1. The molecule has 7 nitrogen and oxygen atoms in total. The number of benzene rings is 3. The third-order valence-corrected chi connectivity index (χ3v) is 7.10. The van der Waals surface area contributed by atoms with E-state index < -0.39 is 15.8 Å². The molecule has 0 saturated carbocycles. The Kier molecular flexibility index (Phi) is 6.50. The van der Waals surface area contributed by atoms with Gasteiger partial charge in [-0.3, -0.25) is 9.10 Å². The normalized spacial score (nSPS) is 13.2. The second kappa shape index (κ2) is 9.50. The number of methoxy groups -OCH3 is 1. The predicted octanol–water partition coefficient (Wildman–Crippen LogP) is 3.99. The maximum absolute atomic E-state index is 13.2. The lowest BCUT2D eigenvalue weighted by Gasteiger charge is -2.31. The molecule has 0 atom stereocenters. The molecule has 3 aromatic carbocycles. The lowest BCUT2D eigenvalue weighted by molar-refractivity contribution is -0.118. The quantitative estimate of drug-likeness (QED) is 0.564. The summed E-state index contributed by atoms with van der Waals surface area (Å²) in [5.41, 5.74) is 1.91. The van der Waals surface area contributed by atoms with Crippen molar-refractivity contribution < 1.29 is 27.1 Å². The summed E-state index contributed by atoms with van der Waals surface area (Å²) < 4.78 is 51.3. The maximum atomic E-state index is 13.2. The van der Waals surface area contributed by atoms with E-state index in [1.807, 2.05) is 0 Å². The number of hydrogen-bond acceptors (Lipinski definition) is 5. The van der Waals surface area contributed by atoms with Crippen LogP contribution in [0.5, 0.6) is 11.5 Å². The molecule has 1 N–H and O–H groups in total. The first kappa shape index (κ1) is 22.6. The summed E-state index contributed by atoms with van der Waals surface area (Å²) in [6, 6.07) is 16.8. The van der Waals surface area contributed by atoms with E-state index in [0.717, 1.165) is 17.7 Å². The van der Waals surface area contributed by atoms with Crippen LogP contribution in [0.1, 0.15) is 12.0 Å². The Hall–Kier alpha value is -3.59. The van der Waals surface area contributed by atoms with E-state index in [-0.39, 0.29) is 17.4 Å². The number of nitrogens with zero attached hydrogens (tertiary/aromatic N) is 1. The van der Waals surface area contributed by atoms with Crippen LogP contribution in [-0.2, 0) is 21.2 Å². The number of carbonyl (C=O) groups is 1. The van der Waals surface area contributed by atoms with Crippen LogP contribution < -0.4 is 19.1 Å². The molecular weight excluding hydrogens is 447 g/mol. The summed E-state index contributed by atoms with van der Waals surface area (Å²) >= 11 is 0. The number of carbonyl (C=O) groups excluding carboxylic acids is 1. The Morgan fingerprint density at radius 3 is 2.42 bits per heavy atom. The fraction of sp³-hybridized carbons (Fsp3) is 0.208. The Bertz CT molecular complexity index is 1240. The summed E-state index contributed by atoms with van der Waals surface area (Å²) in [4.78, 5) is 12.3. The van der Waals surface area contributed by atoms with Crippen molar-refractivity contribution in [1.29, 1.82) is 0 Å². The van der Waals surface area contributed by atoms with Crippen LogP contribution in [0.15, 0.2) is 71.6 Å². The highest BCUT2D eigenvalue weighted by molar-refractivity contribution is 7.92. The van der Waals surface area contributed by atoms with Crippen LogP contribution in [0.4, 0.5) is 15.8 Å². The summed E-state index contributed by atoms with van der Waals surface area (Å²) in [5.74, 6) is 0.399. The molecule has 33 heavy (non-hydrogen) atoms. The minimum atomic E-state index is -3.82. The van der Waals surface area contributed by atoms with E-state index in [0.29, 0.717) is 42.3 Å². The molecular formula is C24H23FN2O5S. The fourth-order valence-corrected chi connectivity index (χ4v) is 5.18. The van der Waals surface area contributed by atoms with Crippen molar-refractivity contribution in [2.24, 2.45) is 0 Å². The van der Waals surface area contributed by atoms with E-state index in [4.69, 9.17) is 9.47 Å². The van der Waals surface area contributed by atoms with Crippen LogP contribution >= 0.6 is 0 Å². The molecule has 0 fully saturated rings. The Morgan fingerprint density at radius 2 is 1.73 bits per heavy atom. The Labute approximate surface area is 191 Å². The molecule has 1 heterocycles. The van der Waals surface area contributed by atoms with Crippen LogP contribution in [0.2, 0.25) is 0 Å². The predicted molar refractivity (Wildman–Crippen MR) is 123 cm³/mol. The van der Waals surface area contributed by atoms with Crippen LogP contribution in [0.3, 0.4) is 0 Å². The highest BCUT2D eigenvalue weighted by Crippen LogP contribution is 2.33. The molecule has 0 aliphatic carbocycles. The molecule has 1 aliphatic heterocycles. The van der Waals surface area contributed by atoms with Gasteiger partial charge in [0.1, 0.15) is 17.3 Å². The molecule has 0 aromatic heterocycles. The van der Waals surface area contributed by atoms with Crippen LogP contribution in [-0.4, -0.2) is 34.6 Å². The SMILES string of the molecule is COc1ccc(OCC(=O)Nc2ccc3c(c2)CCCN3S(=O)(=O)c2ccc(F)cc2)cc1. The molecule has 0 bridgehead atoms. The molecule has 0 spiro atoms. The van der Waals surface area contributed by atoms with Gasteiger partial charge in [0.25, 0.3) is 15.9 Å². The van der Waals surface area contributed by atoms with Crippen LogP contribution in [0, 0.1) is 5.82 Å². The highest BCUT2D eigenvalue weighted by atomic mass is 32.2. The average Bonchev–Trinajstić information content (AvgIpc) is 2.83. The van der Waals surface area contributed by atoms with Crippen molar-refractivity contribution in [3.8, 4) is 11.5 Å². The van der Waals surface area contributed by atoms with Crippen molar-refractivity contribution in [1.82, 2.24) is 0 Å². The van der Waals surface area contributed by atoms with Gasteiger partial charge in [0.15, 0.2) is 6.61 Å². The average molecular weight is 471 g/mol. The Morgan fingerprint density at radius 1 is 1.03 bits per heavy atom. The topological polar surface area (TPSA) is 84.9 Å². The van der Waals surface area contributed by atoms with Crippen LogP contribution in [0.25, 0.3) is 0 Å². The second-order valence-electron chi connectivity index (χ2n) is 7.49. The first-order valence-corrected chi connectivity index (χ1v) is 11.8. The van der Waals surface area contributed by atoms with Crippen molar-refractivity contribution in [2.75, 3.05) is 29.9 Å². The van der Waals surface area contributed by atoms with E-state index in [1.165, 1.54) is 16.4 Å². The highest BCUT2D eigenvalue weighted by Gasteiger charge is 2.29. The van der Waals surface area contributed by atoms with E-state index in [2.05, 4.69) is 5.32 Å². The lowest BCUT2D eigenvalue weighted by Crippen LogP contribution is -2.35. The van der Waals surface area contributed by atoms with Gasteiger partial charge < -0.3 is 14.8 Å². The van der Waals surface area contributed by atoms with Gasteiger partial charge in [-0.05, 0) is 85.1 Å². The maximum Gasteiger partial charge on any atom is 0.264 e.